The van der Waals surface area contributed by atoms with Gasteiger partial charge in [0.25, 0.3) is 0 Å². The molecule has 1 aromatic carbocycles. The van der Waals surface area contributed by atoms with Gasteiger partial charge in [0.2, 0.25) is 5.88 Å². The topological polar surface area (TPSA) is 130 Å². The highest BCUT2D eigenvalue weighted by Crippen LogP contribution is 2.45. The Labute approximate surface area is 184 Å². The molecule has 0 saturated heterocycles. The van der Waals surface area contributed by atoms with Crippen LogP contribution in [0.3, 0.4) is 0 Å². The van der Waals surface area contributed by atoms with Crippen LogP contribution in [-0.4, -0.2) is 38.9 Å². The van der Waals surface area contributed by atoms with Crippen molar-refractivity contribution in [1.29, 1.82) is 5.26 Å². The SMILES string of the molecule is CCOC(=O)C1=C(C)OC(N)=C(C#N)C1c1cc(OCC)c(OCC(=O)OC)cc1Cl. The van der Waals surface area contributed by atoms with Gasteiger partial charge >= 0.3 is 11.9 Å². The van der Waals surface area contributed by atoms with Gasteiger partial charge in [-0.25, -0.2) is 9.59 Å². The summed E-state index contributed by atoms with van der Waals surface area (Å²) in [6, 6.07) is 4.95. The van der Waals surface area contributed by atoms with E-state index in [4.69, 9.17) is 36.3 Å². The normalized spacial score (nSPS) is 15.7. The lowest BCUT2D eigenvalue weighted by molar-refractivity contribution is -0.143. The van der Waals surface area contributed by atoms with Gasteiger partial charge < -0.3 is 29.4 Å². The number of halogens is 1. The van der Waals surface area contributed by atoms with Crippen molar-refractivity contribution in [2.24, 2.45) is 5.73 Å². The van der Waals surface area contributed by atoms with Gasteiger partial charge in [-0.2, -0.15) is 5.26 Å². The Balaban J connectivity index is 2.64. The Bertz CT molecular complexity index is 979. The summed E-state index contributed by atoms with van der Waals surface area (Å²) < 4.78 is 26.2. The molecule has 10 heteroatoms. The van der Waals surface area contributed by atoms with E-state index >= 15 is 0 Å². The van der Waals surface area contributed by atoms with E-state index in [2.05, 4.69) is 4.74 Å². The molecule has 0 saturated carbocycles. The molecule has 31 heavy (non-hydrogen) atoms. The van der Waals surface area contributed by atoms with Crippen molar-refractivity contribution in [3.8, 4) is 17.6 Å². The van der Waals surface area contributed by atoms with Crippen LogP contribution in [0.5, 0.6) is 11.5 Å². The van der Waals surface area contributed by atoms with E-state index in [1.807, 2.05) is 6.07 Å². The number of nitrogens with two attached hydrogens (primary N) is 1. The van der Waals surface area contributed by atoms with Gasteiger partial charge in [-0.3, -0.25) is 0 Å². The van der Waals surface area contributed by atoms with E-state index in [1.165, 1.54) is 19.2 Å². The third-order valence-corrected chi connectivity index (χ3v) is 4.68. The molecule has 1 unspecified atom stereocenters. The van der Waals surface area contributed by atoms with Gasteiger partial charge in [-0.15, -0.1) is 0 Å². The van der Waals surface area contributed by atoms with E-state index in [9.17, 15) is 14.9 Å². The second kappa shape index (κ2) is 10.6. The molecule has 0 fully saturated rings. The number of carbonyl (C=O) groups excluding carboxylic acids is 2. The standard InChI is InChI=1S/C21H23ClN2O7/c1-5-28-15-7-12(14(22)8-16(15)30-10-17(25)27-4)19-13(9-23)20(24)31-11(3)18(19)21(26)29-6-2/h7-8,19H,5-6,10,24H2,1-4H3. The first-order chi connectivity index (χ1) is 14.8. The number of allylic oxidation sites excluding steroid dienone is 2. The molecule has 0 radical (unpaired) electrons. The first-order valence-corrected chi connectivity index (χ1v) is 9.77. The third-order valence-electron chi connectivity index (χ3n) is 4.35. The largest absolute Gasteiger partial charge is 0.490 e. The Morgan fingerprint density at radius 1 is 1.23 bits per heavy atom. The lowest BCUT2D eigenvalue weighted by atomic mass is 9.83. The van der Waals surface area contributed by atoms with Gasteiger partial charge in [0.15, 0.2) is 18.1 Å². The molecule has 1 aliphatic heterocycles. The fourth-order valence-corrected chi connectivity index (χ4v) is 3.28. The van der Waals surface area contributed by atoms with Gasteiger partial charge in [0, 0.05) is 11.1 Å². The lowest BCUT2D eigenvalue weighted by Gasteiger charge is -2.28. The summed E-state index contributed by atoms with van der Waals surface area (Å²) in [5.74, 6) is -1.68. The Morgan fingerprint density at radius 3 is 2.48 bits per heavy atom. The number of ether oxygens (including phenoxy) is 5. The highest BCUT2D eigenvalue weighted by molar-refractivity contribution is 6.31. The van der Waals surface area contributed by atoms with Crippen LogP contribution in [0, 0.1) is 11.3 Å². The fraction of sp³-hybridized carbons (Fsp3) is 0.381. The zero-order valence-electron chi connectivity index (χ0n) is 17.6. The highest BCUT2D eigenvalue weighted by Gasteiger charge is 2.38. The monoisotopic (exact) mass is 450 g/mol. The molecule has 2 rings (SSSR count). The van der Waals surface area contributed by atoms with Crippen LogP contribution in [0.1, 0.15) is 32.3 Å². The minimum atomic E-state index is -0.945. The predicted molar refractivity (Wildman–Crippen MR) is 110 cm³/mol. The van der Waals surface area contributed by atoms with Crippen molar-refractivity contribution in [3.05, 3.63) is 45.5 Å². The van der Waals surface area contributed by atoms with Crippen molar-refractivity contribution in [1.82, 2.24) is 0 Å². The number of hydrogen-bond donors (Lipinski definition) is 1. The van der Waals surface area contributed by atoms with Crippen LogP contribution in [0.4, 0.5) is 0 Å². The number of nitriles is 1. The van der Waals surface area contributed by atoms with Crippen LogP contribution in [0.2, 0.25) is 5.02 Å². The molecule has 9 nitrogen and oxygen atoms in total. The van der Waals surface area contributed by atoms with Crippen molar-refractivity contribution >= 4 is 23.5 Å². The molecular weight excluding hydrogens is 428 g/mol. The molecule has 1 aliphatic rings. The molecule has 166 valence electrons. The number of esters is 2. The van der Waals surface area contributed by atoms with Gasteiger partial charge in [-0.05, 0) is 32.4 Å². The molecule has 0 spiro atoms. The van der Waals surface area contributed by atoms with Gasteiger partial charge in [0.1, 0.15) is 17.4 Å². The van der Waals surface area contributed by atoms with E-state index in [1.54, 1.807) is 20.8 Å². The second-order valence-corrected chi connectivity index (χ2v) is 6.64. The summed E-state index contributed by atoms with van der Waals surface area (Å²) in [6.45, 7) is 5.03. The van der Waals surface area contributed by atoms with E-state index < -0.39 is 17.9 Å². The summed E-state index contributed by atoms with van der Waals surface area (Å²) in [5, 5.41) is 9.86. The number of methoxy groups -OCH3 is 1. The van der Waals surface area contributed by atoms with E-state index in [0.29, 0.717) is 5.56 Å². The maximum Gasteiger partial charge on any atom is 0.343 e. The van der Waals surface area contributed by atoms with Crippen LogP contribution >= 0.6 is 11.6 Å². The molecule has 0 aromatic heterocycles. The second-order valence-electron chi connectivity index (χ2n) is 6.23. The first kappa shape index (κ1) is 23.9. The fourth-order valence-electron chi connectivity index (χ4n) is 3.01. The Kier molecular flexibility index (Phi) is 8.16. The zero-order valence-corrected chi connectivity index (χ0v) is 18.4. The molecule has 0 bridgehead atoms. The van der Waals surface area contributed by atoms with Crippen LogP contribution < -0.4 is 15.2 Å². The summed E-state index contributed by atoms with van der Waals surface area (Å²) in [4.78, 5) is 24.1. The number of hydrogen-bond acceptors (Lipinski definition) is 9. The summed E-state index contributed by atoms with van der Waals surface area (Å²) in [5.41, 5.74) is 6.38. The average Bonchev–Trinajstić information content (AvgIpc) is 2.73. The van der Waals surface area contributed by atoms with Crippen molar-refractivity contribution in [2.75, 3.05) is 26.9 Å². The molecule has 1 heterocycles. The number of nitrogens with zero attached hydrogens (tertiary/aromatic N) is 1. The minimum Gasteiger partial charge on any atom is -0.490 e. The summed E-state index contributed by atoms with van der Waals surface area (Å²) in [6.07, 6.45) is 0. The lowest BCUT2D eigenvalue weighted by Crippen LogP contribution is -2.25. The number of carbonyl (C=O) groups is 2. The maximum atomic E-state index is 12.7. The maximum absolute atomic E-state index is 12.7. The number of benzene rings is 1. The summed E-state index contributed by atoms with van der Waals surface area (Å²) in [7, 11) is 1.24. The van der Waals surface area contributed by atoms with Crippen molar-refractivity contribution in [2.45, 2.75) is 26.7 Å². The van der Waals surface area contributed by atoms with Crippen molar-refractivity contribution < 1.29 is 33.3 Å². The van der Waals surface area contributed by atoms with Crippen molar-refractivity contribution in [3.63, 3.8) is 0 Å². The Hall–Kier alpha value is -3.38. The highest BCUT2D eigenvalue weighted by atomic mass is 35.5. The molecular formula is C21H23ClN2O7. The van der Waals surface area contributed by atoms with E-state index in [0.717, 1.165) is 0 Å². The van der Waals surface area contributed by atoms with Crippen LogP contribution in [0.25, 0.3) is 0 Å². The molecule has 1 atom stereocenters. The Morgan fingerprint density at radius 2 is 1.90 bits per heavy atom. The van der Waals surface area contributed by atoms with Gasteiger partial charge in [0.05, 0.1) is 31.8 Å². The third kappa shape index (κ3) is 5.22. The smallest absolute Gasteiger partial charge is 0.343 e. The quantitative estimate of drug-likeness (QED) is 0.594. The van der Waals surface area contributed by atoms with Crippen LogP contribution in [0.15, 0.2) is 34.9 Å². The van der Waals surface area contributed by atoms with Crippen LogP contribution in [-0.2, 0) is 23.8 Å². The average molecular weight is 451 g/mol. The predicted octanol–water partition coefficient (Wildman–Crippen LogP) is 2.94. The molecule has 1 aromatic rings. The minimum absolute atomic E-state index is 0.00114. The molecule has 0 aliphatic carbocycles. The zero-order chi connectivity index (χ0) is 23.1. The summed E-state index contributed by atoms with van der Waals surface area (Å²) >= 11 is 6.51. The molecule has 2 N–H and O–H groups in total. The first-order valence-electron chi connectivity index (χ1n) is 9.40. The van der Waals surface area contributed by atoms with Gasteiger partial charge in [-0.1, -0.05) is 11.6 Å². The molecule has 0 amide bonds. The van der Waals surface area contributed by atoms with E-state index in [-0.39, 0.29) is 59.1 Å². The number of rotatable bonds is 8.